The van der Waals surface area contributed by atoms with Gasteiger partial charge in [-0.1, -0.05) is 84.2 Å². The number of nitrogens with one attached hydrogen (secondary N) is 2. The Morgan fingerprint density at radius 3 is 1.42 bits per heavy atom. The van der Waals surface area contributed by atoms with Crippen molar-refractivity contribution in [2.75, 3.05) is 26.3 Å². The predicted octanol–water partition coefficient (Wildman–Crippen LogP) is 8.07. The molecule has 0 bridgehead atoms. The molecule has 6 nitrogen and oxygen atoms in total. The van der Waals surface area contributed by atoms with Crippen LogP contribution in [0.2, 0.25) is 0 Å². The lowest BCUT2D eigenvalue weighted by atomic mass is 10.1. The highest BCUT2D eigenvalue weighted by molar-refractivity contribution is 9.10. The summed E-state index contributed by atoms with van der Waals surface area (Å²) < 4.78 is 13.3. The quantitative estimate of drug-likeness (QED) is 0.150. The normalized spacial score (nSPS) is 10.7. The van der Waals surface area contributed by atoms with Crippen molar-refractivity contribution in [1.29, 1.82) is 0 Å². The van der Waals surface area contributed by atoms with Crippen LogP contribution in [-0.4, -0.2) is 38.1 Å². The molecular weight excluding hydrogens is 612 g/mol. The van der Waals surface area contributed by atoms with E-state index in [0.717, 1.165) is 73.2 Å². The molecule has 8 heteroatoms. The zero-order valence-corrected chi connectivity index (χ0v) is 25.9. The van der Waals surface area contributed by atoms with Crippen LogP contribution >= 0.6 is 31.9 Å². The lowest BCUT2D eigenvalue weighted by molar-refractivity contribution is 0.0939. The molecule has 2 rings (SSSR count). The Hall–Kier alpha value is -2.06. The molecule has 0 aliphatic rings. The van der Waals surface area contributed by atoms with E-state index in [-0.39, 0.29) is 11.8 Å². The molecule has 0 heterocycles. The molecule has 0 fully saturated rings. The van der Waals surface area contributed by atoms with Crippen molar-refractivity contribution >= 4 is 43.7 Å². The van der Waals surface area contributed by atoms with Crippen molar-refractivity contribution in [3.8, 4) is 11.5 Å². The van der Waals surface area contributed by atoms with Crippen molar-refractivity contribution in [3.63, 3.8) is 0 Å². The van der Waals surface area contributed by atoms with Crippen molar-refractivity contribution in [2.45, 2.75) is 78.1 Å². The van der Waals surface area contributed by atoms with Crippen LogP contribution in [0.1, 0.15) is 98.8 Å². The Morgan fingerprint density at radius 2 is 1.03 bits per heavy atom. The first kappa shape index (κ1) is 32.2. The van der Waals surface area contributed by atoms with Gasteiger partial charge in [-0.2, -0.15) is 0 Å². The van der Waals surface area contributed by atoms with Gasteiger partial charge in [0.25, 0.3) is 11.8 Å². The van der Waals surface area contributed by atoms with Crippen molar-refractivity contribution in [3.05, 3.63) is 56.5 Å². The number of carbonyl (C=O) groups excluding carboxylic acids is 2. The number of hydrogen-bond donors (Lipinski definition) is 2. The predicted molar refractivity (Wildman–Crippen MR) is 161 cm³/mol. The molecule has 0 aromatic heterocycles. The zero-order valence-electron chi connectivity index (χ0n) is 22.8. The number of amides is 2. The van der Waals surface area contributed by atoms with Crippen LogP contribution in [0, 0.1) is 0 Å². The topological polar surface area (TPSA) is 76.7 Å². The SMILES string of the molecule is CCCCOc1ccc(Br)cc1C(=O)NCCCCCCCCNC(=O)c1cc(Br)ccc1OCCCC. The first-order valence-electron chi connectivity index (χ1n) is 13.9. The second-order valence-electron chi connectivity index (χ2n) is 9.32. The highest BCUT2D eigenvalue weighted by Crippen LogP contribution is 2.25. The van der Waals surface area contributed by atoms with Gasteiger partial charge in [-0.25, -0.2) is 0 Å². The highest BCUT2D eigenvalue weighted by Gasteiger charge is 2.14. The summed E-state index contributed by atoms with van der Waals surface area (Å²) in [6, 6.07) is 11.1. The smallest absolute Gasteiger partial charge is 0.255 e. The summed E-state index contributed by atoms with van der Waals surface area (Å²) in [4.78, 5) is 25.3. The summed E-state index contributed by atoms with van der Waals surface area (Å²) in [6.07, 6.45) is 10.2. The Balaban J connectivity index is 1.60. The van der Waals surface area contributed by atoms with Crippen LogP contribution in [-0.2, 0) is 0 Å². The van der Waals surface area contributed by atoms with Crippen LogP contribution in [0.3, 0.4) is 0 Å². The minimum Gasteiger partial charge on any atom is -0.493 e. The number of unbranched alkanes of at least 4 members (excludes halogenated alkanes) is 7. The lowest BCUT2D eigenvalue weighted by Crippen LogP contribution is -2.25. The Morgan fingerprint density at radius 1 is 0.632 bits per heavy atom. The fourth-order valence-corrected chi connectivity index (χ4v) is 4.54. The van der Waals surface area contributed by atoms with E-state index in [0.29, 0.717) is 48.9 Å². The summed E-state index contributed by atoms with van der Waals surface area (Å²) >= 11 is 6.89. The van der Waals surface area contributed by atoms with Crippen molar-refractivity contribution < 1.29 is 19.1 Å². The third-order valence-electron chi connectivity index (χ3n) is 6.06. The van der Waals surface area contributed by atoms with Crippen LogP contribution < -0.4 is 20.1 Å². The van der Waals surface area contributed by atoms with Crippen LogP contribution in [0.15, 0.2) is 45.3 Å². The minimum atomic E-state index is -0.0992. The molecule has 0 radical (unpaired) electrons. The Bertz CT molecular complexity index is 921. The van der Waals surface area contributed by atoms with Crippen molar-refractivity contribution in [1.82, 2.24) is 10.6 Å². The Labute approximate surface area is 244 Å². The summed E-state index contributed by atoms with van der Waals surface area (Å²) in [6.45, 7) is 6.74. The van der Waals surface area contributed by atoms with Gasteiger partial charge in [0.1, 0.15) is 11.5 Å². The van der Waals surface area contributed by atoms with Gasteiger partial charge in [-0.05, 0) is 62.1 Å². The molecule has 0 aliphatic heterocycles. The van der Waals surface area contributed by atoms with Gasteiger partial charge in [0.2, 0.25) is 0 Å². The molecule has 2 aromatic rings. The fraction of sp³-hybridized carbons (Fsp3) is 0.533. The molecule has 2 amide bonds. The van der Waals surface area contributed by atoms with E-state index in [2.05, 4.69) is 56.3 Å². The number of carbonyl (C=O) groups is 2. The van der Waals surface area contributed by atoms with Gasteiger partial charge < -0.3 is 20.1 Å². The molecule has 0 unspecified atom stereocenters. The van der Waals surface area contributed by atoms with E-state index in [1.165, 1.54) is 0 Å². The minimum absolute atomic E-state index is 0.0992. The summed E-state index contributed by atoms with van der Waals surface area (Å²) in [5.41, 5.74) is 1.14. The average Bonchev–Trinajstić information content (AvgIpc) is 2.91. The molecule has 38 heavy (non-hydrogen) atoms. The van der Waals surface area contributed by atoms with Crippen LogP contribution in [0.5, 0.6) is 11.5 Å². The number of ether oxygens (including phenoxy) is 2. The van der Waals surface area contributed by atoms with Crippen LogP contribution in [0.25, 0.3) is 0 Å². The Kier molecular flexibility index (Phi) is 16.1. The first-order valence-corrected chi connectivity index (χ1v) is 15.5. The van der Waals surface area contributed by atoms with Gasteiger partial charge >= 0.3 is 0 Å². The van der Waals surface area contributed by atoms with E-state index in [4.69, 9.17) is 9.47 Å². The van der Waals surface area contributed by atoms with Crippen molar-refractivity contribution in [2.24, 2.45) is 0 Å². The van der Waals surface area contributed by atoms with Gasteiger partial charge in [-0.3, -0.25) is 9.59 Å². The molecule has 2 aromatic carbocycles. The van der Waals surface area contributed by atoms with Gasteiger partial charge in [-0.15, -0.1) is 0 Å². The highest BCUT2D eigenvalue weighted by atomic mass is 79.9. The summed E-state index contributed by atoms with van der Waals surface area (Å²) in [7, 11) is 0. The number of benzene rings is 2. The zero-order chi connectivity index (χ0) is 27.6. The second kappa shape index (κ2) is 19.1. The third kappa shape index (κ3) is 12.2. The van der Waals surface area contributed by atoms with E-state index >= 15 is 0 Å². The molecular formula is C30H42Br2N2O4. The summed E-state index contributed by atoms with van der Waals surface area (Å²) in [5, 5.41) is 6.04. The van der Waals surface area contributed by atoms with Gasteiger partial charge in [0, 0.05) is 22.0 Å². The van der Waals surface area contributed by atoms with Gasteiger partial charge in [0.15, 0.2) is 0 Å². The maximum atomic E-state index is 12.7. The maximum absolute atomic E-state index is 12.7. The van der Waals surface area contributed by atoms with E-state index in [1.54, 1.807) is 0 Å². The van der Waals surface area contributed by atoms with E-state index in [1.807, 2.05) is 36.4 Å². The molecule has 0 aliphatic carbocycles. The molecule has 0 saturated heterocycles. The second-order valence-corrected chi connectivity index (χ2v) is 11.1. The average molecular weight is 654 g/mol. The largest absolute Gasteiger partial charge is 0.493 e. The molecule has 210 valence electrons. The monoisotopic (exact) mass is 652 g/mol. The molecule has 2 N–H and O–H groups in total. The fourth-order valence-electron chi connectivity index (χ4n) is 3.82. The lowest BCUT2D eigenvalue weighted by Gasteiger charge is -2.12. The van der Waals surface area contributed by atoms with E-state index < -0.39 is 0 Å². The van der Waals surface area contributed by atoms with E-state index in [9.17, 15) is 9.59 Å². The summed E-state index contributed by atoms with van der Waals surface area (Å²) in [5.74, 6) is 1.06. The molecule has 0 saturated carbocycles. The molecule has 0 atom stereocenters. The maximum Gasteiger partial charge on any atom is 0.255 e. The number of halogens is 2. The number of hydrogen-bond acceptors (Lipinski definition) is 4. The third-order valence-corrected chi connectivity index (χ3v) is 7.04. The van der Waals surface area contributed by atoms with Crippen LogP contribution in [0.4, 0.5) is 0 Å². The van der Waals surface area contributed by atoms with Gasteiger partial charge in [0.05, 0.1) is 24.3 Å². The standard InChI is InChI=1S/C30H42Br2N2O4/c1-3-5-19-37-27-15-13-23(31)21-25(27)29(35)33-17-11-9-7-8-10-12-18-34-30(36)26-22-24(32)14-16-28(26)38-20-6-4-2/h13-16,21-22H,3-12,17-20H2,1-2H3,(H,33,35)(H,34,36). The number of rotatable bonds is 19. The first-order chi connectivity index (χ1) is 18.5. The molecule has 0 spiro atoms.